The van der Waals surface area contributed by atoms with Gasteiger partial charge >= 0.3 is 6.03 Å². The topological polar surface area (TPSA) is 41.6 Å². The molecule has 2 amide bonds. The maximum absolute atomic E-state index is 12.7. The minimum Gasteiger partial charge on any atom is -0.376 e. The maximum atomic E-state index is 12.7. The highest BCUT2D eigenvalue weighted by Gasteiger charge is 2.24. The number of thiophene rings is 1. The largest absolute Gasteiger partial charge is 0.376 e. The quantitative estimate of drug-likeness (QED) is 0.843. The molecule has 2 unspecified atom stereocenters. The molecule has 0 saturated carbocycles. The van der Waals surface area contributed by atoms with E-state index in [4.69, 9.17) is 4.74 Å². The van der Waals surface area contributed by atoms with Crippen molar-refractivity contribution in [3.63, 3.8) is 0 Å². The molecule has 4 nitrogen and oxygen atoms in total. The second-order valence-electron chi connectivity index (χ2n) is 6.03. The van der Waals surface area contributed by atoms with E-state index >= 15 is 0 Å². The number of nitrogens with one attached hydrogen (secondary N) is 1. The number of carbonyl (C=O) groups is 1. The molecule has 1 aliphatic heterocycles. The maximum Gasteiger partial charge on any atom is 0.318 e. The molecule has 0 spiro atoms. The molecule has 0 radical (unpaired) electrons. The average molecular weight is 320 g/mol. The lowest BCUT2D eigenvalue weighted by Gasteiger charge is -2.28. The lowest BCUT2D eigenvalue weighted by molar-refractivity contribution is 0.0790. The van der Waals surface area contributed by atoms with E-state index in [9.17, 15) is 4.79 Å². The summed E-state index contributed by atoms with van der Waals surface area (Å²) in [5.41, 5.74) is 0. The van der Waals surface area contributed by atoms with Crippen LogP contribution < -0.4 is 5.32 Å². The molecule has 1 saturated heterocycles. The first-order valence-electron chi connectivity index (χ1n) is 8.15. The van der Waals surface area contributed by atoms with Crippen LogP contribution in [0.5, 0.6) is 0 Å². The standard InChI is InChI=1S/C17H24N2O2S/c20-17(18-14-6-2-1-3-7-14)19(12-15-8-4-10-21-15)13-16-9-5-11-22-16/h1-2,5,9,11,14-15H,3-4,6-8,10,12-13H2,(H,18,20). The van der Waals surface area contributed by atoms with Gasteiger partial charge in [0.15, 0.2) is 0 Å². The highest BCUT2D eigenvalue weighted by atomic mass is 32.1. The molecule has 22 heavy (non-hydrogen) atoms. The molecule has 5 heteroatoms. The number of hydrogen-bond donors (Lipinski definition) is 1. The van der Waals surface area contributed by atoms with Gasteiger partial charge in [0.25, 0.3) is 0 Å². The van der Waals surface area contributed by atoms with Crippen molar-refractivity contribution in [1.29, 1.82) is 0 Å². The van der Waals surface area contributed by atoms with Crippen LogP contribution in [-0.2, 0) is 11.3 Å². The van der Waals surface area contributed by atoms with Gasteiger partial charge in [-0.25, -0.2) is 4.79 Å². The summed E-state index contributed by atoms with van der Waals surface area (Å²) in [4.78, 5) is 15.8. The smallest absolute Gasteiger partial charge is 0.318 e. The predicted octanol–water partition coefficient (Wildman–Crippen LogP) is 3.55. The molecular formula is C17H24N2O2S. The Kier molecular flexibility index (Phi) is 5.51. The van der Waals surface area contributed by atoms with Crippen LogP contribution in [0.1, 0.15) is 37.0 Å². The van der Waals surface area contributed by atoms with Crippen LogP contribution in [0.25, 0.3) is 0 Å². The zero-order valence-corrected chi connectivity index (χ0v) is 13.7. The van der Waals surface area contributed by atoms with E-state index in [1.54, 1.807) is 11.3 Å². The third kappa shape index (κ3) is 4.34. The Labute approximate surface area is 136 Å². The molecule has 3 rings (SSSR count). The number of ether oxygens (including phenoxy) is 1. The van der Waals surface area contributed by atoms with Crippen molar-refractivity contribution in [2.24, 2.45) is 0 Å². The lowest BCUT2D eigenvalue weighted by atomic mass is 10.0. The Balaban J connectivity index is 1.60. The van der Waals surface area contributed by atoms with Crippen LogP contribution in [0.3, 0.4) is 0 Å². The molecular weight excluding hydrogens is 296 g/mol. The SMILES string of the molecule is O=C(NC1CC=CCC1)N(Cc1cccs1)CC1CCCO1. The Morgan fingerprint density at radius 3 is 3.05 bits per heavy atom. The summed E-state index contributed by atoms with van der Waals surface area (Å²) in [6, 6.07) is 4.44. The van der Waals surface area contributed by atoms with Crippen LogP contribution in [0.15, 0.2) is 29.7 Å². The molecule has 1 fully saturated rings. The van der Waals surface area contributed by atoms with Crippen molar-refractivity contribution in [3.05, 3.63) is 34.5 Å². The molecule has 1 aliphatic carbocycles. The molecule has 1 aromatic rings. The summed E-state index contributed by atoms with van der Waals surface area (Å²) >= 11 is 1.70. The Bertz CT molecular complexity index is 495. The summed E-state index contributed by atoms with van der Waals surface area (Å²) in [6.07, 6.45) is 9.75. The first-order chi connectivity index (χ1) is 10.8. The third-order valence-corrected chi connectivity index (χ3v) is 5.12. The Hall–Kier alpha value is -1.33. The van der Waals surface area contributed by atoms with Crippen molar-refractivity contribution in [2.75, 3.05) is 13.2 Å². The summed E-state index contributed by atoms with van der Waals surface area (Å²) in [5.74, 6) is 0. The van der Waals surface area contributed by atoms with Gasteiger partial charge in [-0.2, -0.15) is 0 Å². The van der Waals surface area contributed by atoms with Gasteiger partial charge < -0.3 is 15.0 Å². The van der Waals surface area contributed by atoms with Gasteiger partial charge in [-0.15, -0.1) is 11.3 Å². The van der Waals surface area contributed by atoms with Crippen molar-refractivity contribution in [2.45, 2.75) is 50.8 Å². The molecule has 0 bridgehead atoms. The zero-order chi connectivity index (χ0) is 15.2. The Morgan fingerprint density at radius 2 is 2.36 bits per heavy atom. The molecule has 120 valence electrons. The lowest BCUT2D eigenvalue weighted by Crippen LogP contribution is -2.47. The van der Waals surface area contributed by atoms with Crippen LogP contribution in [0.4, 0.5) is 4.79 Å². The highest BCUT2D eigenvalue weighted by Crippen LogP contribution is 2.18. The van der Waals surface area contributed by atoms with Crippen molar-refractivity contribution < 1.29 is 9.53 Å². The predicted molar refractivity (Wildman–Crippen MR) is 89.0 cm³/mol. The third-order valence-electron chi connectivity index (χ3n) is 4.26. The second-order valence-corrected chi connectivity index (χ2v) is 7.06. The summed E-state index contributed by atoms with van der Waals surface area (Å²) in [5, 5.41) is 5.25. The van der Waals surface area contributed by atoms with Crippen LogP contribution in [0.2, 0.25) is 0 Å². The molecule has 2 aliphatic rings. The number of hydrogen-bond acceptors (Lipinski definition) is 3. The van der Waals surface area contributed by atoms with E-state index in [0.29, 0.717) is 13.1 Å². The summed E-state index contributed by atoms with van der Waals surface area (Å²) in [7, 11) is 0. The van der Waals surface area contributed by atoms with Gasteiger partial charge in [-0.05, 0) is 43.6 Å². The number of rotatable bonds is 5. The van der Waals surface area contributed by atoms with E-state index in [1.807, 2.05) is 11.0 Å². The fraction of sp³-hybridized carbons (Fsp3) is 0.588. The average Bonchev–Trinajstić information content (AvgIpc) is 3.21. The van der Waals surface area contributed by atoms with Crippen molar-refractivity contribution >= 4 is 17.4 Å². The van der Waals surface area contributed by atoms with E-state index in [1.165, 1.54) is 4.88 Å². The number of urea groups is 1. The fourth-order valence-corrected chi connectivity index (χ4v) is 3.75. The molecule has 1 N–H and O–H groups in total. The minimum absolute atomic E-state index is 0.0456. The van der Waals surface area contributed by atoms with Gasteiger partial charge in [0.2, 0.25) is 0 Å². The van der Waals surface area contributed by atoms with E-state index < -0.39 is 0 Å². The minimum atomic E-state index is 0.0456. The van der Waals surface area contributed by atoms with Crippen molar-refractivity contribution in [1.82, 2.24) is 10.2 Å². The van der Waals surface area contributed by atoms with Gasteiger partial charge in [0.1, 0.15) is 0 Å². The van der Waals surface area contributed by atoms with Gasteiger partial charge in [0, 0.05) is 24.1 Å². The molecule has 1 aromatic heterocycles. The molecule has 2 atom stereocenters. The summed E-state index contributed by atoms with van der Waals surface area (Å²) in [6.45, 7) is 2.19. The van der Waals surface area contributed by atoms with Gasteiger partial charge in [0.05, 0.1) is 12.6 Å². The number of carbonyl (C=O) groups excluding carboxylic acids is 1. The molecule has 2 heterocycles. The first kappa shape index (κ1) is 15.6. The zero-order valence-electron chi connectivity index (χ0n) is 12.9. The molecule has 0 aromatic carbocycles. The highest BCUT2D eigenvalue weighted by molar-refractivity contribution is 7.09. The van der Waals surface area contributed by atoms with Gasteiger partial charge in [-0.3, -0.25) is 0 Å². The van der Waals surface area contributed by atoms with Crippen molar-refractivity contribution in [3.8, 4) is 0 Å². The van der Waals surface area contributed by atoms with Crippen LogP contribution in [-0.4, -0.2) is 36.2 Å². The number of amides is 2. The first-order valence-corrected chi connectivity index (χ1v) is 9.03. The normalized spacial score (nSPS) is 24.4. The number of allylic oxidation sites excluding steroid dienone is 1. The second kappa shape index (κ2) is 7.79. The van der Waals surface area contributed by atoms with Crippen LogP contribution in [0, 0.1) is 0 Å². The Morgan fingerprint density at radius 1 is 1.41 bits per heavy atom. The van der Waals surface area contributed by atoms with E-state index in [0.717, 1.165) is 38.7 Å². The van der Waals surface area contributed by atoms with Crippen LogP contribution >= 0.6 is 11.3 Å². The van der Waals surface area contributed by atoms with E-state index in [2.05, 4.69) is 28.9 Å². The fourth-order valence-electron chi connectivity index (χ4n) is 3.03. The van der Waals surface area contributed by atoms with Gasteiger partial charge in [-0.1, -0.05) is 18.2 Å². The summed E-state index contributed by atoms with van der Waals surface area (Å²) < 4.78 is 5.71. The monoisotopic (exact) mass is 320 g/mol. The number of nitrogens with zero attached hydrogens (tertiary/aromatic N) is 1. The van der Waals surface area contributed by atoms with E-state index in [-0.39, 0.29) is 18.2 Å².